The van der Waals surface area contributed by atoms with Crippen LogP contribution in [-0.4, -0.2) is 36.1 Å². The molecule has 2 aliphatic heterocycles. The van der Waals surface area contributed by atoms with E-state index in [2.05, 4.69) is 22.1 Å². The number of hydrazone groups is 1. The van der Waals surface area contributed by atoms with Crippen LogP contribution in [0.1, 0.15) is 44.7 Å². The largest absolute Gasteiger partial charge is 0.372 e. The summed E-state index contributed by atoms with van der Waals surface area (Å²) in [5.41, 5.74) is 4.01. The van der Waals surface area contributed by atoms with Crippen LogP contribution in [-0.2, 0) is 0 Å². The summed E-state index contributed by atoms with van der Waals surface area (Å²) in [6.07, 6.45) is 4.06. The fraction of sp³-hybridized carbons (Fsp3) is 0.250. The molecule has 1 fully saturated rings. The molecule has 0 unspecified atom stereocenters. The van der Waals surface area contributed by atoms with Crippen LogP contribution in [0.2, 0.25) is 0 Å². The number of imide groups is 1. The van der Waals surface area contributed by atoms with Gasteiger partial charge in [-0.25, -0.2) is 0 Å². The number of aryl methyl sites for hydroxylation is 1. The van der Waals surface area contributed by atoms with E-state index in [1.54, 1.807) is 30.5 Å². The minimum absolute atomic E-state index is 0.372. The molecule has 25 heavy (non-hydrogen) atoms. The van der Waals surface area contributed by atoms with Crippen molar-refractivity contribution < 1.29 is 9.59 Å². The average molecular weight is 333 g/mol. The molecule has 0 radical (unpaired) electrons. The smallest absolute Gasteiger partial charge is 0.282 e. The number of nitrogens with zero attached hydrogens (tertiary/aromatic N) is 3. The average Bonchev–Trinajstić information content (AvgIpc) is 3.24. The molecule has 1 saturated heterocycles. The first-order chi connectivity index (χ1) is 12.1. The summed E-state index contributed by atoms with van der Waals surface area (Å²) in [7, 11) is 0. The van der Waals surface area contributed by atoms with Gasteiger partial charge in [0.15, 0.2) is 0 Å². The Morgan fingerprint density at radius 1 is 0.960 bits per heavy atom. The summed E-state index contributed by atoms with van der Waals surface area (Å²) in [6, 6.07) is 13.0. The molecule has 0 saturated carbocycles. The summed E-state index contributed by atoms with van der Waals surface area (Å²) < 4.78 is 0. The van der Waals surface area contributed by atoms with Crippen molar-refractivity contribution in [2.24, 2.45) is 5.10 Å². The van der Waals surface area contributed by atoms with E-state index in [4.69, 9.17) is 0 Å². The highest BCUT2D eigenvalue weighted by Gasteiger charge is 2.35. The molecule has 0 bridgehead atoms. The highest BCUT2D eigenvalue weighted by molar-refractivity contribution is 6.21. The molecular formula is C20H19N3O2. The van der Waals surface area contributed by atoms with E-state index >= 15 is 0 Å². The Bertz CT molecular complexity index is 847. The second-order valence-electron chi connectivity index (χ2n) is 6.45. The monoisotopic (exact) mass is 333 g/mol. The SMILES string of the molecule is Cc1cc(N2CCCC2)ccc1C=NN1C(=O)c2ccccc2C1=O. The number of hydrogen-bond acceptors (Lipinski definition) is 4. The van der Waals surface area contributed by atoms with Gasteiger partial charge in [-0.2, -0.15) is 10.1 Å². The topological polar surface area (TPSA) is 53.0 Å². The van der Waals surface area contributed by atoms with Crippen molar-refractivity contribution in [3.05, 3.63) is 64.7 Å². The minimum Gasteiger partial charge on any atom is -0.372 e. The van der Waals surface area contributed by atoms with Gasteiger partial charge in [0.25, 0.3) is 11.8 Å². The van der Waals surface area contributed by atoms with Crippen LogP contribution in [0.3, 0.4) is 0 Å². The van der Waals surface area contributed by atoms with Gasteiger partial charge < -0.3 is 4.90 Å². The third-order valence-corrected chi connectivity index (χ3v) is 4.81. The quantitative estimate of drug-likeness (QED) is 0.640. The molecule has 5 nitrogen and oxygen atoms in total. The standard InChI is InChI=1S/C20H19N3O2/c1-14-12-16(22-10-4-5-11-22)9-8-15(14)13-21-23-19(24)17-6-2-3-7-18(17)20(23)25/h2-3,6-9,12-13H,4-5,10-11H2,1H3. The highest BCUT2D eigenvalue weighted by Crippen LogP contribution is 2.24. The molecule has 2 amide bonds. The first-order valence-corrected chi connectivity index (χ1v) is 8.52. The number of rotatable bonds is 3. The lowest BCUT2D eigenvalue weighted by Crippen LogP contribution is -2.24. The molecule has 2 aromatic carbocycles. The minimum atomic E-state index is -0.372. The lowest BCUT2D eigenvalue weighted by molar-refractivity contribution is 0.0660. The molecule has 0 N–H and O–H groups in total. The summed E-state index contributed by atoms with van der Waals surface area (Å²) in [4.78, 5) is 27.0. The number of anilines is 1. The molecule has 2 heterocycles. The first kappa shape index (κ1) is 15.6. The zero-order chi connectivity index (χ0) is 17.4. The fourth-order valence-electron chi connectivity index (χ4n) is 3.38. The number of benzene rings is 2. The fourth-order valence-corrected chi connectivity index (χ4v) is 3.38. The van der Waals surface area contributed by atoms with E-state index in [0.717, 1.165) is 29.2 Å². The highest BCUT2D eigenvalue weighted by atomic mass is 16.2. The molecule has 2 aliphatic rings. The van der Waals surface area contributed by atoms with E-state index in [1.807, 2.05) is 13.0 Å². The first-order valence-electron chi connectivity index (χ1n) is 8.52. The zero-order valence-corrected chi connectivity index (χ0v) is 14.1. The molecule has 0 aromatic heterocycles. The zero-order valence-electron chi connectivity index (χ0n) is 14.1. The maximum atomic E-state index is 12.3. The number of amides is 2. The van der Waals surface area contributed by atoms with Gasteiger partial charge in [0.1, 0.15) is 0 Å². The second kappa shape index (κ2) is 6.16. The van der Waals surface area contributed by atoms with Crippen molar-refractivity contribution in [3.63, 3.8) is 0 Å². The van der Waals surface area contributed by atoms with Gasteiger partial charge >= 0.3 is 0 Å². The molecule has 126 valence electrons. The van der Waals surface area contributed by atoms with Crippen molar-refractivity contribution in [2.45, 2.75) is 19.8 Å². The van der Waals surface area contributed by atoms with Crippen LogP contribution < -0.4 is 4.90 Å². The number of carbonyl (C=O) groups is 2. The molecule has 2 aromatic rings. The Kier molecular flexibility index (Phi) is 3.84. The van der Waals surface area contributed by atoms with Crippen molar-refractivity contribution in [2.75, 3.05) is 18.0 Å². The Morgan fingerprint density at radius 3 is 2.20 bits per heavy atom. The van der Waals surface area contributed by atoms with Gasteiger partial charge in [-0.1, -0.05) is 18.2 Å². The Hall–Kier alpha value is -2.95. The third kappa shape index (κ3) is 2.71. The molecule has 0 atom stereocenters. The van der Waals surface area contributed by atoms with Crippen molar-refractivity contribution in [3.8, 4) is 0 Å². The molecule has 0 spiro atoms. The van der Waals surface area contributed by atoms with Crippen LogP contribution in [0.25, 0.3) is 0 Å². The molecule has 5 heteroatoms. The van der Waals surface area contributed by atoms with Crippen LogP contribution in [0.5, 0.6) is 0 Å². The van der Waals surface area contributed by atoms with Crippen LogP contribution in [0, 0.1) is 6.92 Å². The summed E-state index contributed by atoms with van der Waals surface area (Å²) in [6.45, 7) is 4.22. The lowest BCUT2D eigenvalue weighted by Gasteiger charge is -2.18. The lowest BCUT2D eigenvalue weighted by atomic mass is 10.1. The van der Waals surface area contributed by atoms with Gasteiger partial charge in [0.05, 0.1) is 17.3 Å². The van der Waals surface area contributed by atoms with Crippen molar-refractivity contribution in [1.82, 2.24) is 5.01 Å². The predicted octanol–water partition coefficient (Wildman–Crippen LogP) is 3.23. The van der Waals surface area contributed by atoms with E-state index in [9.17, 15) is 9.59 Å². The van der Waals surface area contributed by atoms with E-state index in [0.29, 0.717) is 11.1 Å². The Balaban J connectivity index is 1.56. The second-order valence-corrected chi connectivity index (χ2v) is 6.45. The van der Waals surface area contributed by atoms with Crippen molar-refractivity contribution >= 4 is 23.7 Å². The Morgan fingerprint density at radius 2 is 1.60 bits per heavy atom. The van der Waals surface area contributed by atoms with Gasteiger partial charge in [-0.3, -0.25) is 9.59 Å². The van der Waals surface area contributed by atoms with Crippen LogP contribution in [0.15, 0.2) is 47.6 Å². The normalized spacial score (nSPS) is 17.0. The number of carbonyl (C=O) groups excluding carboxylic acids is 2. The van der Waals surface area contributed by atoms with Gasteiger partial charge in [0, 0.05) is 18.8 Å². The predicted molar refractivity (Wildman–Crippen MR) is 97.2 cm³/mol. The van der Waals surface area contributed by atoms with Crippen LogP contribution in [0.4, 0.5) is 5.69 Å². The third-order valence-electron chi connectivity index (χ3n) is 4.81. The Labute approximate surface area is 146 Å². The maximum Gasteiger partial charge on any atom is 0.282 e. The summed E-state index contributed by atoms with van der Waals surface area (Å²) >= 11 is 0. The van der Waals surface area contributed by atoms with E-state index in [1.165, 1.54) is 18.5 Å². The summed E-state index contributed by atoms with van der Waals surface area (Å²) in [5.74, 6) is -0.744. The number of hydrogen-bond donors (Lipinski definition) is 0. The number of fused-ring (bicyclic) bond motifs is 1. The summed E-state index contributed by atoms with van der Waals surface area (Å²) in [5, 5.41) is 5.10. The maximum absolute atomic E-state index is 12.3. The van der Waals surface area contributed by atoms with E-state index in [-0.39, 0.29) is 11.8 Å². The molecule has 4 rings (SSSR count). The van der Waals surface area contributed by atoms with Gasteiger partial charge in [-0.05, 0) is 55.2 Å². The van der Waals surface area contributed by atoms with Gasteiger partial charge in [0.2, 0.25) is 0 Å². The molecular weight excluding hydrogens is 314 g/mol. The van der Waals surface area contributed by atoms with Crippen LogP contribution >= 0.6 is 0 Å². The van der Waals surface area contributed by atoms with Gasteiger partial charge in [-0.15, -0.1) is 0 Å². The van der Waals surface area contributed by atoms with Crippen molar-refractivity contribution in [1.29, 1.82) is 0 Å². The molecule has 0 aliphatic carbocycles. The van der Waals surface area contributed by atoms with E-state index < -0.39 is 0 Å².